The topological polar surface area (TPSA) is 42.3 Å². The van der Waals surface area contributed by atoms with Crippen LogP contribution >= 0.6 is 0 Å². The molecular weight excluding hydrogens is 358 g/mol. The van der Waals surface area contributed by atoms with E-state index in [4.69, 9.17) is 0 Å². The SMILES string of the molecule is O=S(=O)(c1cccc(F)c1)N1CCn2cccc2[C@@H]1c1ccccc1F. The van der Waals surface area contributed by atoms with Crippen LogP contribution in [0.15, 0.2) is 71.8 Å². The zero-order valence-electron chi connectivity index (χ0n) is 13.7. The van der Waals surface area contributed by atoms with Gasteiger partial charge in [-0.05, 0) is 36.4 Å². The first-order valence-corrected chi connectivity index (χ1v) is 9.59. The summed E-state index contributed by atoms with van der Waals surface area (Å²) in [5.41, 5.74) is 0.952. The molecule has 7 heteroatoms. The zero-order chi connectivity index (χ0) is 18.3. The lowest BCUT2D eigenvalue weighted by Gasteiger charge is -2.36. The van der Waals surface area contributed by atoms with Crippen LogP contribution in [0, 0.1) is 11.6 Å². The monoisotopic (exact) mass is 374 g/mol. The van der Waals surface area contributed by atoms with Gasteiger partial charge >= 0.3 is 0 Å². The number of aromatic nitrogens is 1. The molecule has 2 aromatic carbocycles. The molecule has 0 N–H and O–H groups in total. The van der Waals surface area contributed by atoms with Crippen molar-refractivity contribution in [2.24, 2.45) is 0 Å². The summed E-state index contributed by atoms with van der Waals surface area (Å²) in [7, 11) is -4.01. The summed E-state index contributed by atoms with van der Waals surface area (Å²) in [5.74, 6) is -1.11. The number of sulfonamides is 1. The molecular formula is C19H16F2N2O2S. The fraction of sp³-hybridized carbons (Fsp3) is 0.158. The fourth-order valence-electron chi connectivity index (χ4n) is 3.40. The molecule has 4 rings (SSSR count). The molecule has 1 aliphatic rings. The molecule has 0 aliphatic carbocycles. The summed E-state index contributed by atoms with van der Waals surface area (Å²) in [5, 5.41) is 0. The molecule has 1 atom stereocenters. The van der Waals surface area contributed by atoms with Gasteiger partial charge < -0.3 is 4.57 Å². The molecule has 0 amide bonds. The van der Waals surface area contributed by atoms with E-state index in [-0.39, 0.29) is 17.0 Å². The Morgan fingerprint density at radius 2 is 1.73 bits per heavy atom. The summed E-state index contributed by atoms with van der Waals surface area (Å²) in [6.45, 7) is 0.612. The number of benzene rings is 2. The zero-order valence-corrected chi connectivity index (χ0v) is 14.5. The second-order valence-corrected chi connectivity index (χ2v) is 8.01. The van der Waals surface area contributed by atoms with Crippen molar-refractivity contribution >= 4 is 10.0 Å². The molecule has 26 heavy (non-hydrogen) atoms. The van der Waals surface area contributed by atoms with E-state index in [0.29, 0.717) is 12.2 Å². The first kappa shape index (κ1) is 16.9. The van der Waals surface area contributed by atoms with Gasteiger partial charge in [-0.1, -0.05) is 24.3 Å². The number of hydrogen-bond acceptors (Lipinski definition) is 2. The molecule has 1 aliphatic heterocycles. The normalized spacial score (nSPS) is 17.8. The van der Waals surface area contributed by atoms with Crippen molar-refractivity contribution in [1.82, 2.24) is 8.87 Å². The summed E-state index contributed by atoms with van der Waals surface area (Å²) in [6.07, 6.45) is 1.84. The van der Waals surface area contributed by atoms with Crippen molar-refractivity contribution in [2.75, 3.05) is 6.54 Å². The molecule has 0 fully saturated rings. The highest BCUT2D eigenvalue weighted by Crippen LogP contribution is 2.37. The molecule has 0 saturated carbocycles. The van der Waals surface area contributed by atoms with Crippen LogP contribution in [0.2, 0.25) is 0 Å². The number of rotatable bonds is 3. The molecule has 1 aromatic heterocycles. The van der Waals surface area contributed by atoms with E-state index in [9.17, 15) is 17.2 Å². The molecule has 4 nitrogen and oxygen atoms in total. The van der Waals surface area contributed by atoms with Gasteiger partial charge in [0.05, 0.1) is 10.9 Å². The van der Waals surface area contributed by atoms with E-state index < -0.39 is 27.7 Å². The lowest BCUT2D eigenvalue weighted by molar-refractivity contribution is 0.293. The van der Waals surface area contributed by atoms with E-state index in [0.717, 1.165) is 6.07 Å². The van der Waals surface area contributed by atoms with Crippen LogP contribution in [0.5, 0.6) is 0 Å². The van der Waals surface area contributed by atoms with Crippen LogP contribution < -0.4 is 0 Å². The van der Waals surface area contributed by atoms with Crippen LogP contribution in [-0.2, 0) is 16.6 Å². The fourth-order valence-corrected chi connectivity index (χ4v) is 5.00. The van der Waals surface area contributed by atoms with Crippen molar-refractivity contribution < 1.29 is 17.2 Å². The van der Waals surface area contributed by atoms with Gasteiger partial charge in [0.2, 0.25) is 10.0 Å². The minimum Gasteiger partial charge on any atom is -0.348 e. The Morgan fingerprint density at radius 3 is 2.50 bits per heavy atom. The van der Waals surface area contributed by atoms with Gasteiger partial charge in [0.1, 0.15) is 11.6 Å². The first-order valence-electron chi connectivity index (χ1n) is 8.15. The molecule has 0 bridgehead atoms. The van der Waals surface area contributed by atoms with Crippen LogP contribution in [0.4, 0.5) is 8.78 Å². The quantitative estimate of drug-likeness (QED) is 0.704. The molecule has 0 radical (unpaired) electrons. The van der Waals surface area contributed by atoms with Crippen LogP contribution in [0.25, 0.3) is 0 Å². The Labute approximate surface area is 150 Å². The smallest absolute Gasteiger partial charge is 0.244 e. The molecule has 0 saturated heterocycles. The molecule has 3 aromatic rings. The summed E-state index contributed by atoms with van der Waals surface area (Å²) >= 11 is 0. The van der Waals surface area contributed by atoms with Gasteiger partial charge in [-0.3, -0.25) is 0 Å². The third kappa shape index (κ3) is 2.73. The molecule has 0 spiro atoms. The highest BCUT2D eigenvalue weighted by Gasteiger charge is 2.38. The van der Waals surface area contributed by atoms with Crippen LogP contribution in [0.1, 0.15) is 17.3 Å². The predicted octanol–water partition coefficient (Wildman–Crippen LogP) is 3.56. The highest BCUT2D eigenvalue weighted by atomic mass is 32.2. The van der Waals surface area contributed by atoms with Crippen LogP contribution in [-0.4, -0.2) is 23.8 Å². The van der Waals surface area contributed by atoms with Crippen molar-refractivity contribution in [2.45, 2.75) is 17.5 Å². The maximum atomic E-state index is 14.5. The van der Waals surface area contributed by atoms with Crippen molar-refractivity contribution in [1.29, 1.82) is 0 Å². The van der Waals surface area contributed by atoms with Gasteiger partial charge in [0.25, 0.3) is 0 Å². The largest absolute Gasteiger partial charge is 0.348 e. The minimum absolute atomic E-state index is 0.140. The maximum absolute atomic E-state index is 14.5. The van der Waals surface area contributed by atoms with E-state index in [1.807, 2.05) is 16.8 Å². The average molecular weight is 374 g/mol. The van der Waals surface area contributed by atoms with E-state index in [1.165, 1.54) is 28.6 Å². The van der Waals surface area contributed by atoms with Gasteiger partial charge in [-0.15, -0.1) is 0 Å². The third-order valence-electron chi connectivity index (χ3n) is 4.60. The summed E-state index contributed by atoms with van der Waals surface area (Å²) in [4.78, 5) is -0.140. The lowest BCUT2D eigenvalue weighted by Crippen LogP contribution is -2.42. The standard InChI is InChI=1S/C19H16F2N2O2S/c20-14-5-3-6-15(13-14)26(24,25)23-12-11-22-10-4-9-18(22)19(23)16-7-1-2-8-17(16)21/h1-10,13,19H,11-12H2/t19-/m0/s1. The second-order valence-electron chi connectivity index (χ2n) is 6.12. The molecule has 0 unspecified atom stereocenters. The van der Waals surface area contributed by atoms with E-state index in [2.05, 4.69) is 0 Å². The van der Waals surface area contributed by atoms with Gasteiger partial charge in [0.15, 0.2) is 0 Å². The molecule has 134 valence electrons. The first-order chi connectivity index (χ1) is 12.5. The van der Waals surface area contributed by atoms with Gasteiger partial charge in [-0.2, -0.15) is 4.31 Å². The lowest BCUT2D eigenvalue weighted by atomic mass is 10.0. The Morgan fingerprint density at radius 1 is 0.923 bits per heavy atom. The van der Waals surface area contributed by atoms with Crippen molar-refractivity contribution in [3.8, 4) is 0 Å². The van der Waals surface area contributed by atoms with E-state index >= 15 is 0 Å². The Bertz CT molecular complexity index is 1060. The Balaban J connectivity index is 1.89. The highest BCUT2D eigenvalue weighted by molar-refractivity contribution is 7.89. The van der Waals surface area contributed by atoms with Crippen LogP contribution in [0.3, 0.4) is 0 Å². The van der Waals surface area contributed by atoms with Crippen molar-refractivity contribution in [3.05, 3.63) is 89.8 Å². The Hall–Kier alpha value is -2.51. The number of fused-ring (bicyclic) bond motifs is 1. The van der Waals surface area contributed by atoms with Gasteiger partial charge in [0, 0.05) is 30.5 Å². The summed E-state index contributed by atoms with van der Waals surface area (Å²) < 4.78 is 57.6. The van der Waals surface area contributed by atoms with E-state index in [1.54, 1.807) is 24.3 Å². The number of halogens is 2. The third-order valence-corrected chi connectivity index (χ3v) is 6.46. The van der Waals surface area contributed by atoms with Gasteiger partial charge in [-0.25, -0.2) is 17.2 Å². The Kier molecular flexibility index (Phi) is 4.13. The molecule has 2 heterocycles. The number of hydrogen-bond donors (Lipinski definition) is 0. The van der Waals surface area contributed by atoms with Crippen molar-refractivity contribution in [3.63, 3.8) is 0 Å². The summed E-state index contributed by atoms with van der Waals surface area (Å²) in [6, 6.07) is 13.8. The maximum Gasteiger partial charge on any atom is 0.244 e. The minimum atomic E-state index is -4.01. The second kappa shape index (κ2) is 6.34. The number of nitrogens with zero attached hydrogens (tertiary/aromatic N) is 2. The predicted molar refractivity (Wildman–Crippen MR) is 93.0 cm³/mol. The average Bonchev–Trinajstić information content (AvgIpc) is 3.10.